The summed E-state index contributed by atoms with van der Waals surface area (Å²) in [5, 5.41) is 13.0. The third-order valence-electron chi connectivity index (χ3n) is 2.14. The quantitative estimate of drug-likeness (QED) is 0.771. The van der Waals surface area contributed by atoms with E-state index < -0.39 is 31.4 Å². The molecule has 1 atom stereocenters. The van der Waals surface area contributed by atoms with Crippen LogP contribution >= 0.6 is 0 Å². The van der Waals surface area contributed by atoms with Crippen LogP contribution in [0.25, 0.3) is 0 Å². The Balaban J connectivity index is 2.51. The van der Waals surface area contributed by atoms with E-state index in [9.17, 15) is 18.0 Å². The van der Waals surface area contributed by atoms with E-state index in [-0.39, 0.29) is 0 Å². The summed E-state index contributed by atoms with van der Waals surface area (Å²) in [5.41, 5.74) is 0.613. The van der Waals surface area contributed by atoms with E-state index in [4.69, 9.17) is 5.11 Å². The first-order chi connectivity index (χ1) is 8.42. The fourth-order valence-electron chi connectivity index (χ4n) is 1.31. The highest BCUT2D eigenvalue weighted by molar-refractivity contribution is 5.74. The summed E-state index contributed by atoms with van der Waals surface area (Å²) in [7, 11) is 0. The summed E-state index contributed by atoms with van der Waals surface area (Å²) >= 11 is 0. The average molecular weight is 262 g/mol. The van der Waals surface area contributed by atoms with Crippen molar-refractivity contribution in [3.63, 3.8) is 0 Å². The molecule has 0 aromatic heterocycles. The van der Waals surface area contributed by atoms with Gasteiger partial charge in [0.15, 0.2) is 0 Å². The molecule has 1 aromatic rings. The Morgan fingerprint density at radius 3 is 2.39 bits per heavy atom. The number of urea groups is 1. The molecule has 18 heavy (non-hydrogen) atoms. The number of nitrogens with one attached hydrogen (secondary N) is 2. The zero-order valence-electron chi connectivity index (χ0n) is 9.37. The predicted octanol–water partition coefficient (Wildman–Crippen LogP) is 1.58. The lowest BCUT2D eigenvalue weighted by Crippen LogP contribution is -2.43. The molecule has 0 bridgehead atoms. The highest BCUT2D eigenvalue weighted by Gasteiger charge is 2.28. The molecule has 1 aromatic carbocycles. The molecule has 3 N–H and O–H groups in total. The van der Waals surface area contributed by atoms with E-state index >= 15 is 0 Å². The first-order valence-electron chi connectivity index (χ1n) is 5.19. The van der Waals surface area contributed by atoms with Crippen molar-refractivity contribution >= 4 is 6.03 Å². The molecule has 0 aliphatic heterocycles. The van der Waals surface area contributed by atoms with Gasteiger partial charge in [0, 0.05) is 0 Å². The Kier molecular flexibility index (Phi) is 4.96. The van der Waals surface area contributed by atoms with Gasteiger partial charge in [-0.25, -0.2) is 4.79 Å². The van der Waals surface area contributed by atoms with Crippen LogP contribution in [0.5, 0.6) is 0 Å². The number of halogens is 3. The largest absolute Gasteiger partial charge is 0.405 e. The maximum absolute atomic E-state index is 11.9. The molecule has 0 fully saturated rings. The Bertz CT molecular complexity index is 382. The molecule has 0 spiro atoms. The summed E-state index contributed by atoms with van der Waals surface area (Å²) in [4.78, 5) is 11.2. The smallest absolute Gasteiger partial charge is 0.394 e. The highest BCUT2D eigenvalue weighted by Crippen LogP contribution is 2.13. The lowest BCUT2D eigenvalue weighted by atomic mass is 10.1. The number of benzene rings is 1. The van der Waals surface area contributed by atoms with Crippen molar-refractivity contribution in [2.24, 2.45) is 0 Å². The van der Waals surface area contributed by atoms with Crippen LogP contribution in [0.1, 0.15) is 11.6 Å². The molecule has 0 aliphatic carbocycles. The standard InChI is InChI=1S/C11H13F3N2O2/c12-11(13,14)7-15-10(18)16-9(6-17)8-4-2-1-3-5-8/h1-5,9,17H,6-7H2,(H2,15,16,18). The molecule has 0 radical (unpaired) electrons. The molecule has 2 amide bonds. The van der Waals surface area contributed by atoms with Gasteiger partial charge in [-0.1, -0.05) is 30.3 Å². The molecule has 0 saturated heterocycles. The van der Waals surface area contributed by atoms with E-state index in [1.54, 1.807) is 35.6 Å². The second kappa shape index (κ2) is 6.25. The van der Waals surface area contributed by atoms with Crippen molar-refractivity contribution < 1.29 is 23.1 Å². The Morgan fingerprint density at radius 2 is 1.89 bits per heavy atom. The van der Waals surface area contributed by atoms with Gasteiger partial charge in [0.25, 0.3) is 0 Å². The summed E-state index contributed by atoms with van der Waals surface area (Å²) in [6, 6.07) is 6.76. The van der Waals surface area contributed by atoms with Crippen molar-refractivity contribution in [2.45, 2.75) is 12.2 Å². The number of hydrogen-bond donors (Lipinski definition) is 3. The van der Waals surface area contributed by atoms with E-state index in [0.29, 0.717) is 5.56 Å². The first kappa shape index (κ1) is 14.3. The molecule has 0 saturated carbocycles. The second-order valence-electron chi connectivity index (χ2n) is 3.59. The van der Waals surface area contributed by atoms with Crippen LogP contribution in [-0.2, 0) is 0 Å². The van der Waals surface area contributed by atoms with Crippen LogP contribution in [0.3, 0.4) is 0 Å². The number of carbonyl (C=O) groups is 1. The zero-order chi connectivity index (χ0) is 13.6. The van der Waals surface area contributed by atoms with Crippen LogP contribution in [-0.4, -0.2) is 30.5 Å². The zero-order valence-corrected chi connectivity index (χ0v) is 9.37. The third kappa shape index (κ3) is 5.05. The van der Waals surface area contributed by atoms with Crippen molar-refractivity contribution in [3.8, 4) is 0 Å². The minimum Gasteiger partial charge on any atom is -0.394 e. The number of hydrogen-bond acceptors (Lipinski definition) is 2. The van der Waals surface area contributed by atoms with Crippen molar-refractivity contribution in [2.75, 3.05) is 13.2 Å². The third-order valence-corrected chi connectivity index (χ3v) is 2.14. The van der Waals surface area contributed by atoms with Gasteiger partial charge in [-0.15, -0.1) is 0 Å². The van der Waals surface area contributed by atoms with Gasteiger partial charge in [0.05, 0.1) is 12.6 Å². The molecule has 4 nitrogen and oxygen atoms in total. The van der Waals surface area contributed by atoms with E-state index in [1.807, 2.05) is 0 Å². The van der Waals surface area contributed by atoms with Crippen LogP contribution in [0, 0.1) is 0 Å². The van der Waals surface area contributed by atoms with Crippen LogP contribution in [0.4, 0.5) is 18.0 Å². The summed E-state index contributed by atoms with van der Waals surface area (Å²) in [5.74, 6) is 0. The fraction of sp³-hybridized carbons (Fsp3) is 0.364. The second-order valence-corrected chi connectivity index (χ2v) is 3.59. The molecule has 0 aliphatic rings. The normalized spacial score (nSPS) is 12.9. The van der Waals surface area contributed by atoms with E-state index in [1.165, 1.54) is 0 Å². The van der Waals surface area contributed by atoms with E-state index in [2.05, 4.69) is 5.32 Å². The van der Waals surface area contributed by atoms with Crippen LogP contribution in [0.15, 0.2) is 30.3 Å². The van der Waals surface area contributed by atoms with Gasteiger partial charge in [0.1, 0.15) is 6.54 Å². The molecular weight excluding hydrogens is 249 g/mol. The first-order valence-corrected chi connectivity index (χ1v) is 5.19. The fourth-order valence-corrected chi connectivity index (χ4v) is 1.31. The van der Waals surface area contributed by atoms with Gasteiger partial charge in [0.2, 0.25) is 0 Å². The topological polar surface area (TPSA) is 61.4 Å². The van der Waals surface area contributed by atoms with Gasteiger partial charge in [-0.3, -0.25) is 0 Å². The van der Waals surface area contributed by atoms with E-state index in [0.717, 1.165) is 0 Å². The number of amides is 2. The minimum atomic E-state index is -4.46. The maximum Gasteiger partial charge on any atom is 0.405 e. The SMILES string of the molecule is O=C(NCC(F)(F)F)NC(CO)c1ccccc1. The van der Waals surface area contributed by atoms with Gasteiger partial charge in [-0.2, -0.15) is 13.2 Å². The van der Waals surface area contributed by atoms with Gasteiger partial charge >= 0.3 is 12.2 Å². The number of alkyl halides is 3. The number of aliphatic hydroxyl groups is 1. The van der Waals surface area contributed by atoms with Gasteiger partial charge < -0.3 is 15.7 Å². The maximum atomic E-state index is 11.9. The van der Waals surface area contributed by atoms with Crippen molar-refractivity contribution in [1.29, 1.82) is 0 Å². The molecular formula is C11H13F3N2O2. The van der Waals surface area contributed by atoms with Crippen molar-refractivity contribution in [3.05, 3.63) is 35.9 Å². The average Bonchev–Trinajstić information content (AvgIpc) is 2.33. The Hall–Kier alpha value is -1.76. The van der Waals surface area contributed by atoms with Crippen molar-refractivity contribution in [1.82, 2.24) is 10.6 Å². The Morgan fingerprint density at radius 1 is 1.28 bits per heavy atom. The lowest BCUT2D eigenvalue weighted by Gasteiger charge is -2.17. The molecule has 1 unspecified atom stereocenters. The number of carbonyl (C=O) groups excluding carboxylic acids is 1. The minimum absolute atomic E-state index is 0.399. The lowest BCUT2D eigenvalue weighted by molar-refractivity contribution is -0.122. The summed E-state index contributed by atoms with van der Waals surface area (Å²) in [6.45, 7) is -1.81. The van der Waals surface area contributed by atoms with Gasteiger partial charge in [-0.05, 0) is 5.56 Å². The predicted molar refractivity (Wildman–Crippen MR) is 58.9 cm³/mol. The number of aliphatic hydroxyl groups excluding tert-OH is 1. The molecule has 1 rings (SSSR count). The molecule has 0 heterocycles. The van der Waals surface area contributed by atoms with Crippen LogP contribution < -0.4 is 10.6 Å². The molecule has 100 valence electrons. The van der Waals surface area contributed by atoms with Crippen LogP contribution in [0.2, 0.25) is 0 Å². The highest BCUT2D eigenvalue weighted by atomic mass is 19.4. The number of rotatable bonds is 4. The Labute approximate surface area is 102 Å². The summed E-state index contributed by atoms with van der Waals surface area (Å²) in [6.07, 6.45) is -4.46. The monoisotopic (exact) mass is 262 g/mol. The summed E-state index contributed by atoms with van der Waals surface area (Å²) < 4.78 is 35.6. The molecule has 7 heteroatoms.